The van der Waals surface area contributed by atoms with Gasteiger partial charge in [-0.15, -0.1) is 19.3 Å². The highest BCUT2D eigenvalue weighted by atomic mass is 14.1. The lowest BCUT2D eigenvalue weighted by molar-refractivity contribution is 1.64. The van der Waals surface area contributed by atoms with Crippen LogP contribution in [0, 0.1) is 37.0 Å². The van der Waals surface area contributed by atoms with Crippen molar-refractivity contribution in [3.05, 3.63) is 47.0 Å². The van der Waals surface area contributed by atoms with E-state index in [1.54, 1.807) is 0 Å². The summed E-state index contributed by atoms with van der Waals surface area (Å²) in [7, 11) is 0. The molecule has 72 valence electrons. The van der Waals surface area contributed by atoms with Gasteiger partial charge in [0.15, 0.2) is 0 Å². The van der Waals surface area contributed by atoms with Crippen molar-refractivity contribution in [3.8, 4) is 37.0 Å². The highest BCUT2D eigenvalue weighted by Gasteiger charge is 2.04. The molecular formula is C16H8. The molecule has 16 heavy (non-hydrogen) atoms. The van der Waals surface area contributed by atoms with Gasteiger partial charge in [-0.05, 0) is 23.6 Å². The van der Waals surface area contributed by atoms with Crippen molar-refractivity contribution in [2.45, 2.75) is 0 Å². The van der Waals surface area contributed by atoms with Crippen LogP contribution in [0.5, 0.6) is 0 Å². The predicted molar refractivity (Wildman–Crippen MR) is 67.8 cm³/mol. The Kier molecular flexibility index (Phi) is 2.39. The summed E-state index contributed by atoms with van der Waals surface area (Å²) in [5.41, 5.74) is 2.32. The summed E-state index contributed by atoms with van der Waals surface area (Å²) in [5, 5.41) is 1.91. The summed E-state index contributed by atoms with van der Waals surface area (Å²) < 4.78 is 0. The average Bonchev–Trinajstić information content (AvgIpc) is 2.36. The van der Waals surface area contributed by atoms with Crippen molar-refractivity contribution in [1.82, 2.24) is 0 Å². The zero-order valence-corrected chi connectivity index (χ0v) is 8.62. The van der Waals surface area contributed by atoms with Gasteiger partial charge in [-0.2, -0.15) is 0 Å². The van der Waals surface area contributed by atoms with Crippen LogP contribution in [0.15, 0.2) is 30.3 Å². The van der Waals surface area contributed by atoms with Crippen molar-refractivity contribution in [2.75, 3.05) is 0 Å². The monoisotopic (exact) mass is 200 g/mol. The molecule has 0 nitrogen and oxygen atoms in total. The topological polar surface area (TPSA) is 0 Å². The van der Waals surface area contributed by atoms with E-state index in [2.05, 4.69) is 17.8 Å². The molecule has 2 rings (SSSR count). The van der Waals surface area contributed by atoms with Crippen LogP contribution in [-0.2, 0) is 0 Å². The van der Waals surface area contributed by atoms with E-state index in [0.717, 1.165) is 27.5 Å². The fraction of sp³-hybridized carbons (Fsp3) is 0. The number of hydrogen-bond donors (Lipinski definition) is 0. The van der Waals surface area contributed by atoms with Crippen molar-refractivity contribution in [3.63, 3.8) is 0 Å². The van der Waals surface area contributed by atoms with E-state index in [-0.39, 0.29) is 0 Å². The molecule has 2 aromatic rings. The summed E-state index contributed by atoms with van der Waals surface area (Å²) in [6.45, 7) is 0. The third kappa shape index (κ3) is 1.42. The SMILES string of the molecule is C#Cc1cc(C#C)c2c(C#C)cccc2c1. The van der Waals surface area contributed by atoms with Crippen LogP contribution in [0.4, 0.5) is 0 Å². The lowest BCUT2D eigenvalue weighted by Crippen LogP contribution is -1.87. The summed E-state index contributed by atoms with van der Waals surface area (Å²) in [6, 6.07) is 9.45. The third-order valence-corrected chi connectivity index (χ3v) is 2.45. The van der Waals surface area contributed by atoms with Crippen LogP contribution in [0.2, 0.25) is 0 Å². The molecule has 0 heteroatoms. The van der Waals surface area contributed by atoms with E-state index in [9.17, 15) is 0 Å². The minimum Gasteiger partial charge on any atom is -0.115 e. The molecule has 0 atom stereocenters. The molecule has 0 amide bonds. The van der Waals surface area contributed by atoms with E-state index >= 15 is 0 Å². The van der Waals surface area contributed by atoms with Crippen LogP contribution >= 0.6 is 0 Å². The van der Waals surface area contributed by atoms with Gasteiger partial charge < -0.3 is 0 Å². The zero-order chi connectivity index (χ0) is 11.5. The second-order valence-electron chi connectivity index (χ2n) is 3.36. The Morgan fingerprint density at radius 2 is 1.56 bits per heavy atom. The molecule has 0 bridgehead atoms. The summed E-state index contributed by atoms with van der Waals surface area (Å²) >= 11 is 0. The molecule has 0 aliphatic rings. The van der Waals surface area contributed by atoms with Crippen LogP contribution < -0.4 is 0 Å². The van der Waals surface area contributed by atoms with E-state index in [4.69, 9.17) is 19.3 Å². The zero-order valence-electron chi connectivity index (χ0n) is 8.62. The molecule has 0 aromatic heterocycles. The predicted octanol–water partition coefficient (Wildman–Crippen LogP) is 2.78. The summed E-state index contributed by atoms with van der Waals surface area (Å²) in [5.74, 6) is 7.85. The lowest BCUT2D eigenvalue weighted by atomic mass is 9.97. The van der Waals surface area contributed by atoms with Gasteiger partial charge in [0.1, 0.15) is 0 Å². The second kappa shape index (κ2) is 3.86. The maximum Gasteiger partial charge on any atom is 0.0346 e. The molecule has 0 N–H and O–H groups in total. The summed E-state index contributed by atoms with van der Waals surface area (Å²) in [4.78, 5) is 0. The number of hydrogen-bond acceptors (Lipinski definition) is 0. The fourth-order valence-electron chi connectivity index (χ4n) is 1.75. The average molecular weight is 200 g/mol. The molecule has 0 radical (unpaired) electrons. The van der Waals surface area contributed by atoms with Gasteiger partial charge in [0, 0.05) is 22.1 Å². The van der Waals surface area contributed by atoms with E-state index in [0.29, 0.717) is 0 Å². The second-order valence-corrected chi connectivity index (χ2v) is 3.36. The van der Waals surface area contributed by atoms with Crippen LogP contribution in [0.3, 0.4) is 0 Å². The largest absolute Gasteiger partial charge is 0.115 e. The van der Waals surface area contributed by atoms with Crippen LogP contribution in [-0.4, -0.2) is 0 Å². The van der Waals surface area contributed by atoms with Crippen molar-refractivity contribution < 1.29 is 0 Å². The molecule has 0 heterocycles. The van der Waals surface area contributed by atoms with E-state index in [1.807, 2.05) is 30.3 Å². The Balaban J connectivity index is 2.99. The smallest absolute Gasteiger partial charge is 0.0346 e. The Labute approximate surface area is 95.3 Å². The Morgan fingerprint density at radius 1 is 0.812 bits per heavy atom. The number of benzene rings is 2. The highest BCUT2D eigenvalue weighted by Crippen LogP contribution is 2.23. The van der Waals surface area contributed by atoms with Gasteiger partial charge in [0.2, 0.25) is 0 Å². The first-order chi connectivity index (χ1) is 7.80. The normalized spacial score (nSPS) is 9.06. The van der Waals surface area contributed by atoms with Crippen LogP contribution in [0.25, 0.3) is 10.8 Å². The first kappa shape index (κ1) is 9.92. The molecule has 0 aliphatic heterocycles. The van der Waals surface area contributed by atoms with E-state index in [1.165, 1.54) is 0 Å². The van der Waals surface area contributed by atoms with Crippen molar-refractivity contribution in [2.24, 2.45) is 0 Å². The molecule has 2 aromatic carbocycles. The molecule has 0 fully saturated rings. The number of fused-ring (bicyclic) bond motifs is 1. The molecule has 0 saturated carbocycles. The Bertz CT molecular complexity index is 683. The van der Waals surface area contributed by atoms with Gasteiger partial charge in [-0.1, -0.05) is 29.9 Å². The van der Waals surface area contributed by atoms with Crippen molar-refractivity contribution in [1.29, 1.82) is 0 Å². The van der Waals surface area contributed by atoms with E-state index < -0.39 is 0 Å². The third-order valence-electron chi connectivity index (χ3n) is 2.45. The van der Waals surface area contributed by atoms with Gasteiger partial charge in [0.05, 0.1) is 0 Å². The Morgan fingerprint density at radius 3 is 2.19 bits per heavy atom. The quantitative estimate of drug-likeness (QED) is 0.574. The fourth-order valence-corrected chi connectivity index (χ4v) is 1.75. The Hall–Kier alpha value is -2.62. The molecule has 0 aliphatic carbocycles. The molecular weight excluding hydrogens is 192 g/mol. The maximum absolute atomic E-state index is 5.48. The van der Waals surface area contributed by atoms with Crippen molar-refractivity contribution >= 4 is 10.8 Å². The minimum atomic E-state index is 0.749. The minimum absolute atomic E-state index is 0.749. The first-order valence-corrected chi connectivity index (χ1v) is 4.76. The van der Waals surface area contributed by atoms with Gasteiger partial charge >= 0.3 is 0 Å². The molecule has 0 saturated heterocycles. The lowest BCUT2D eigenvalue weighted by Gasteiger charge is -2.05. The van der Waals surface area contributed by atoms with Crippen LogP contribution in [0.1, 0.15) is 16.7 Å². The standard InChI is InChI=1S/C16H8/c1-4-12-10-14(6-3)16-13(5-2)8-7-9-15(16)11-12/h1-3,7-11H. The van der Waals surface area contributed by atoms with Gasteiger partial charge in [-0.25, -0.2) is 0 Å². The first-order valence-electron chi connectivity index (χ1n) is 4.76. The molecule has 0 spiro atoms. The van der Waals surface area contributed by atoms with Gasteiger partial charge in [-0.3, -0.25) is 0 Å². The number of rotatable bonds is 0. The molecule has 0 unspecified atom stereocenters. The highest BCUT2D eigenvalue weighted by molar-refractivity contribution is 5.94. The number of terminal acetylenes is 3. The summed E-state index contributed by atoms with van der Waals surface area (Å²) in [6.07, 6.45) is 16.3. The maximum atomic E-state index is 5.48. The van der Waals surface area contributed by atoms with Gasteiger partial charge in [0.25, 0.3) is 0 Å².